The van der Waals surface area contributed by atoms with Crippen molar-refractivity contribution >= 4 is 23.4 Å². The number of aryl methyl sites for hydroxylation is 1. The second-order valence-electron chi connectivity index (χ2n) is 6.62. The van der Waals surface area contributed by atoms with Crippen LogP contribution in [-0.2, 0) is 11.0 Å². The molecule has 1 aromatic heterocycles. The average Bonchev–Trinajstić information content (AvgIpc) is 2.98. The van der Waals surface area contributed by atoms with E-state index in [-0.39, 0.29) is 30.5 Å². The summed E-state index contributed by atoms with van der Waals surface area (Å²) in [5.41, 5.74) is -1.34. The number of carbonyl (C=O) groups excluding carboxylic acids is 2. The van der Waals surface area contributed by atoms with E-state index in [0.717, 1.165) is 17.0 Å². The van der Waals surface area contributed by atoms with Crippen molar-refractivity contribution in [2.75, 3.05) is 23.7 Å². The predicted molar refractivity (Wildman–Crippen MR) is 96.7 cm³/mol. The maximum atomic E-state index is 13.1. The summed E-state index contributed by atoms with van der Waals surface area (Å²) in [5.74, 6) is 0.129. The van der Waals surface area contributed by atoms with Crippen molar-refractivity contribution in [3.8, 4) is 0 Å². The summed E-state index contributed by atoms with van der Waals surface area (Å²) in [6, 6.07) is 5.35. The van der Waals surface area contributed by atoms with Gasteiger partial charge in [0.15, 0.2) is 5.82 Å². The zero-order chi connectivity index (χ0) is 20.9. The molecular weight excluding hydrogens is 377 g/mol. The second-order valence-corrected chi connectivity index (χ2v) is 6.62. The van der Waals surface area contributed by atoms with Gasteiger partial charge in [0.2, 0.25) is 5.91 Å². The van der Waals surface area contributed by atoms with E-state index < -0.39 is 23.7 Å². The number of urea groups is 1. The standard InChI is InChI=1S/C18H21F3N4O3/c1-11(2)9-25(10-16(26)23-15-8-12(3)28-24-15)17(27)22-14-7-5-4-6-13(14)18(19,20)21/h4-8,11H,9-10H2,1-3H3,(H,22,27)(H,23,24,26). The van der Waals surface area contributed by atoms with Crippen LogP contribution in [0.5, 0.6) is 0 Å². The van der Waals surface area contributed by atoms with Crippen LogP contribution >= 0.6 is 0 Å². The summed E-state index contributed by atoms with van der Waals surface area (Å²) in [4.78, 5) is 25.9. The molecule has 0 aliphatic heterocycles. The largest absolute Gasteiger partial charge is 0.418 e. The van der Waals surface area contributed by atoms with Crippen molar-refractivity contribution in [1.82, 2.24) is 10.1 Å². The molecule has 1 aromatic carbocycles. The lowest BCUT2D eigenvalue weighted by molar-refractivity contribution is -0.137. The summed E-state index contributed by atoms with van der Waals surface area (Å²) in [5, 5.41) is 8.35. The van der Waals surface area contributed by atoms with Gasteiger partial charge < -0.3 is 20.1 Å². The zero-order valence-electron chi connectivity index (χ0n) is 15.6. The number of para-hydroxylation sites is 1. The first-order valence-corrected chi connectivity index (χ1v) is 8.51. The fourth-order valence-corrected chi connectivity index (χ4v) is 2.47. The fourth-order valence-electron chi connectivity index (χ4n) is 2.47. The number of hydrogen-bond acceptors (Lipinski definition) is 4. The third kappa shape index (κ3) is 6.00. The number of carbonyl (C=O) groups is 2. The van der Waals surface area contributed by atoms with Crippen LogP contribution in [-0.4, -0.2) is 35.1 Å². The Balaban J connectivity index is 2.12. The van der Waals surface area contributed by atoms with Crippen molar-refractivity contribution in [3.05, 3.63) is 41.7 Å². The number of benzene rings is 1. The summed E-state index contributed by atoms with van der Waals surface area (Å²) in [6.45, 7) is 5.11. The van der Waals surface area contributed by atoms with Crippen LogP contribution in [0, 0.1) is 12.8 Å². The Hall–Kier alpha value is -3.04. The Kier molecular flexibility index (Phi) is 6.66. The van der Waals surface area contributed by atoms with E-state index in [9.17, 15) is 22.8 Å². The van der Waals surface area contributed by atoms with E-state index in [1.165, 1.54) is 18.2 Å². The molecule has 2 aromatic rings. The van der Waals surface area contributed by atoms with Gasteiger partial charge in [0, 0.05) is 12.6 Å². The van der Waals surface area contributed by atoms with Gasteiger partial charge in [0.1, 0.15) is 12.3 Å². The third-order valence-corrected chi connectivity index (χ3v) is 3.58. The Morgan fingerprint density at radius 1 is 1.21 bits per heavy atom. The van der Waals surface area contributed by atoms with E-state index in [1.807, 2.05) is 13.8 Å². The van der Waals surface area contributed by atoms with Crippen LogP contribution < -0.4 is 10.6 Å². The Morgan fingerprint density at radius 3 is 2.46 bits per heavy atom. The van der Waals surface area contributed by atoms with Crippen LogP contribution in [0.3, 0.4) is 0 Å². The topological polar surface area (TPSA) is 87.5 Å². The number of aromatic nitrogens is 1. The predicted octanol–water partition coefficient (Wildman–Crippen LogP) is 4.13. The van der Waals surface area contributed by atoms with Crippen molar-refractivity contribution < 1.29 is 27.3 Å². The minimum absolute atomic E-state index is 0.00861. The van der Waals surface area contributed by atoms with Gasteiger partial charge in [-0.3, -0.25) is 4.79 Å². The molecule has 28 heavy (non-hydrogen) atoms. The van der Waals surface area contributed by atoms with Gasteiger partial charge in [-0.15, -0.1) is 0 Å². The quantitative estimate of drug-likeness (QED) is 0.766. The van der Waals surface area contributed by atoms with E-state index in [4.69, 9.17) is 4.52 Å². The monoisotopic (exact) mass is 398 g/mol. The van der Waals surface area contributed by atoms with Crippen molar-refractivity contribution in [3.63, 3.8) is 0 Å². The molecule has 0 fully saturated rings. The molecule has 2 N–H and O–H groups in total. The molecule has 0 saturated carbocycles. The molecule has 0 aliphatic rings. The van der Waals surface area contributed by atoms with Gasteiger partial charge in [-0.05, 0) is 25.0 Å². The average molecular weight is 398 g/mol. The second kappa shape index (κ2) is 8.77. The number of nitrogens with one attached hydrogen (secondary N) is 2. The summed E-state index contributed by atoms with van der Waals surface area (Å²) in [6.07, 6.45) is -4.62. The van der Waals surface area contributed by atoms with E-state index in [0.29, 0.717) is 5.76 Å². The first kappa shape index (κ1) is 21.3. The molecule has 7 nitrogen and oxygen atoms in total. The van der Waals surface area contributed by atoms with E-state index in [1.54, 1.807) is 6.92 Å². The molecule has 0 aliphatic carbocycles. The molecule has 0 saturated heterocycles. The number of halogens is 3. The molecule has 0 radical (unpaired) electrons. The third-order valence-electron chi connectivity index (χ3n) is 3.58. The summed E-state index contributed by atoms with van der Waals surface area (Å²) >= 11 is 0. The minimum Gasteiger partial charge on any atom is -0.360 e. The molecule has 0 bridgehead atoms. The Labute approximate surface area is 159 Å². The Morgan fingerprint density at radius 2 is 1.89 bits per heavy atom. The highest BCUT2D eigenvalue weighted by atomic mass is 19.4. The first-order valence-electron chi connectivity index (χ1n) is 8.51. The maximum absolute atomic E-state index is 13.1. The van der Waals surface area contributed by atoms with Crippen LogP contribution in [0.25, 0.3) is 0 Å². The lowest BCUT2D eigenvalue weighted by Crippen LogP contribution is -2.42. The number of anilines is 2. The van der Waals surface area contributed by atoms with Crippen molar-refractivity contribution in [2.45, 2.75) is 26.9 Å². The van der Waals surface area contributed by atoms with Crippen LogP contribution in [0.1, 0.15) is 25.2 Å². The number of nitrogens with zero attached hydrogens (tertiary/aromatic N) is 2. The molecule has 152 valence electrons. The number of rotatable bonds is 6. The maximum Gasteiger partial charge on any atom is 0.418 e. The lowest BCUT2D eigenvalue weighted by atomic mass is 10.1. The van der Waals surface area contributed by atoms with Crippen LogP contribution in [0.2, 0.25) is 0 Å². The highest BCUT2D eigenvalue weighted by Crippen LogP contribution is 2.34. The van der Waals surface area contributed by atoms with Gasteiger partial charge in [-0.25, -0.2) is 4.79 Å². The molecule has 10 heteroatoms. The number of hydrogen-bond donors (Lipinski definition) is 2. The van der Waals surface area contributed by atoms with Gasteiger partial charge in [0.05, 0.1) is 11.3 Å². The summed E-state index contributed by atoms with van der Waals surface area (Å²) < 4.78 is 44.2. The van der Waals surface area contributed by atoms with Crippen LogP contribution in [0.15, 0.2) is 34.9 Å². The number of alkyl halides is 3. The highest BCUT2D eigenvalue weighted by molar-refractivity contribution is 5.96. The minimum atomic E-state index is -4.62. The molecule has 0 atom stereocenters. The van der Waals surface area contributed by atoms with Gasteiger partial charge >= 0.3 is 12.2 Å². The molecule has 0 spiro atoms. The molecule has 3 amide bonds. The summed E-state index contributed by atoms with van der Waals surface area (Å²) in [7, 11) is 0. The molecule has 2 rings (SSSR count). The fraction of sp³-hybridized carbons (Fsp3) is 0.389. The van der Waals surface area contributed by atoms with Crippen molar-refractivity contribution in [1.29, 1.82) is 0 Å². The van der Waals surface area contributed by atoms with Crippen LogP contribution in [0.4, 0.5) is 29.5 Å². The van der Waals surface area contributed by atoms with E-state index >= 15 is 0 Å². The highest BCUT2D eigenvalue weighted by Gasteiger charge is 2.34. The van der Waals surface area contributed by atoms with Gasteiger partial charge in [-0.1, -0.05) is 31.1 Å². The van der Waals surface area contributed by atoms with Gasteiger partial charge in [0.25, 0.3) is 0 Å². The smallest absolute Gasteiger partial charge is 0.360 e. The first-order chi connectivity index (χ1) is 13.1. The molecular formula is C18H21F3N4O3. The molecule has 1 heterocycles. The zero-order valence-corrected chi connectivity index (χ0v) is 15.6. The van der Waals surface area contributed by atoms with Crippen molar-refractivity contribution in [2.24, 2.45) is 5.92 Å². The van der Waals surface area contributed by atoms with E-state index in [2.05, 4.69) is 15.8 Å². The SMILES string of the molecule is Cc1cc(NC(=O)CN(CC(C)C)C(=O)Nc2ccccc2C(F)(F)F)no1. The Bertz CT molecular complexity index is 833. The molecule has 0 unspecified atom stereocenters. The lowest BCUT2D eigenvalue weighted by Gasteiger charge is -2.25. The van der Waals surface area contributed by atoms with Gasteiger partial charge in [-0.2, -0.15) is 13.2 Å². The normalized spacial score (nSPS) is 11.4. The number of amides is 3.